The third-order valence-corrected chi connectivity index (χ3v) is 7.16. The van der Waals surface area contributed by atoms with Crippen LogP contribution in [0.15, 0.2) is 72.8 Å². The minimum atomic E-state index is -0.397. The van der Waals surface area contributed by atoms with Crippen LogP contribution in [0.25, 0.3) is 11.1 Å². The van der Waals surface area contributed by atoms with Gasteiger partial charge in [-0.05, 0) is 41.7 Å². The van der Waals surface area contributed by atoms with E-state index in [1.165, 1.54) is 5.56 Å². The number of rotatable bonds is 14. The van der Waals surface area contributed by atoms with Crippen LogP contribution < -0.4 is 4.74 Å². The first kappa shape index (κ1) is 30.5. The van der Waals surface area contributed by atoms with Crippen molar-refractivity contribution >= 4 is 6.09 Å². The number of ether oxygens (including phenoxy) is 4. The van der Waals surface area contributed by atoms with Gasteiger partial charge in [0, 0.05) is 31.1 Å². The van der Waals surface area contributed by atoms with Crippen LogP contribution in [-0.4, -0.2) is 80.0 Å². The molecule has 1 saturated heterocycles. The maximum Gasteiger partial charge on any atom is 0.409 e. The molecule has 8 heteroatoms. The third-order valence-electron chi connectivity index (χ3n) is 7.16. The molecule has 220 valence electrons. The lowest BCUT2D eigenvalue weighted by molar-refractivity contribution is -0.0272. The fraction of sp³-hybridized carbons (Fsp3) is 0.424. The van der Waals surface area contributed by atoms with Crippen LogP contribution in [0.4, 0.5) is 4.79 Å². The predicted molar refractivity (Wildman–Crippen MR) is 157 cm³/mol. The summed E-state index contributed by atoms with van der Waals surface area (Å²) in [4.78, 5) is 14.6. The minimum absolute atomic E-state index is 0.0683. The Hall–Kier alpha value is -3.43. The van der Waals surface area contributed by atoms with E-state index in [0.29, 0.717) is 32.7 Å². The second kappa shape index (κ2) is 16.1. The zero-order valence-corrected chi connectivity index (χ0v) is 23.7. The molecule has 1 aliphatic heterocycles. The Bertz CT molecular complexity index is 1220. The largest absolute Gasteiger partial charge is 0.493 e. The summed E-state index contributed by atoms with van der Waals surface area (Å²) < 4.78 is 23.2. The Kier molecular flexibility index (Phi) is 12.0. The van der Waals surface area contributed by atoms with Crippen LogP contribution in [0, 0.1) is 6.92 Å². The minimum Gasteiger partial charge on any atom is -0.493 e. The zero-order chi connectivity index (χ0) is 28.9. The summed E-state index contributed by atoms with van der Waals surface area (Å²) in [5.74, 6) is 0.829. The zero-order valence-electron chi connectivity index (χ0n) is 23.7. The molecule has 0 saturated carbocycles. The van der Waals surface area contributed by atoms with Gasteiger partial charge in [0.2, 0.25) is 0 Å². The lowest BCUT2D eigenvalue weighted by Gasteiger charge is -2.38. The molecule has 1 heterocycles. The van der Waals surface area contributed by atoms with Gasteiger partial charge >= 0.3 is 6.09 Å². The number of piperidine rings is 1. The first-order chi connectivity index (χ1) is 20.1. The van der Waals surface area contributed by atoms with Gasteiger partial charge in [0.25, 0.3) is 0 Å². The van der Waals surface area contributed by atoms with Gasteiger partial charge in [0.15, 0.2) is 0 Å². The van der Waals surface area contributed by atoms with E-state index in [-0.39, 0.29) is 45.1 Å². The molecule has 4 rings (SSSR count). The van der Waals surface area contributed by atoms with Crippen LogP contribution >= 0.6 is 0 Å². The maximum atomic E-state index is 12.9. The van der Waals surface area contributed by atoms with E-state index in [4.69, 9.17) is 29.2 Å². The van der Waals surface area contributed by atoms with E-state index >= 15 is 0 Å². The fourth-order valence-electron chi connectivity index (χ4n) is 5.02. The molecule has 0 spiro atoms. The number of aliphatic hydroxyl groups excluding tert-OH is 2. The first-order valence-corrected chi connectivity index (χ1v) is 14.3. The van der Waals surface area contributed by atoms with Crippen molar-refractivity contribution in [1.82, 2.24) is 4.90 Å². The average molecular weight is 564 g/mol. The molecule has 0 aromatic heterocycles. The van der Waals surface area contributed by atoms with Crippen molar-refractivity contribution in [1.29, 1.82) is 0 Å². The molecule has 0 aliphatic carbocycles. The monoisotopic (exact) mass is 563 g/mol. The van der Waals surface area contributed by atoms with Gasteiger partial charge in [-0.3, -0.25) is 0 Å². The molecule has 8 nitrogen and oxygen atoms in total. The predicted octanol–water partition coefficient (Wildman–Crippen LogP) is 4.94. The van der Waals surface area contributed by atoms with Gasteiger partial charge < -0.3 is 34.1 Å². The van der Waals surface area contributed by atoms with Gasteiger partial charge in [-0.15, -0.1) is 0 Å². The molecular formula is C33H41NO7. The Labute approximate surface area is 242 Å². The molecule has 2 atom stereocenters. The number of carbonyl (C=O) groups excluding carboxylic acids is 1. The lowest BCUT2D eigenvalue weighted by atomic mass is 9.85. The smallest absolute Gasteiger partial charge is 0.409 e. The van der Waals surface area contributed by atoms with Crippen molar-refractivity contribution in [3.05, 3.63) is 89.5 Å². The van der Waals surface area contributed by atoms with Gasteiger partial charge in [-0.25, -0.2) is 4.79 Å². The van der Waals surface area contributed by atoms with E-state index in [2.05, 4.69) is 36.4 Å². The number of amides is 1. The van der Waals surface area contributed by atoms with Crippen LogP contribution in [0.2, 0.25) is 0 Å². The molecule has 1 amide bonds. The Morgan fingerprint density at radius 3 is 2.54 bits per heavy atom. The normalized spacial score (nSPS) is 16.9. The van der Waals surface area contributed by atoms with Crippen molar-refractivity contribution in [2.45, 2.75) is 38.4 Å². The summed E-state index contributed by atoms with van der Waals surface area (Å²) in [6, 6.07) is 24.9. The number of nitrogens with zero attached hydrogens (tertiary/aromatic N) is 1. The molecule has 2 N–H and O–H groups in total. The number of aliphatic hydroxyl groups is 2. The molecule has 1 fully saturated rings. The number of likely N-dealkylation sites (tertiary alicyclic amines) is 1. The van der Waals surface area contributed by atoms with E-state index in [9.17, 15) is 4.79 Å². The Morgan fingerprint density at radius 2 is 1.73 bits per heavy atom. The molecule has 1 aliphatic rings. The summed E-state index contributed by atoms with van der Waals surface area (Å²) in [5, 5.41) is 18.0. The van der Waals surface area contributed by atoms with E-state index in [1.54, 1.807) is 4.90 Å². The van der Waals surface area contributed by atoms with E-state index < -0.39 is 6.09 Å². The molecule has 3 aromatic carbocycles. The summed E-state index contributed by atoms with van der Waals surface area (Å²) in [7, 11) is 0. The van der Waals surface area contributed by atoms with Gasteiger partial charge in [-0.2, -0.15) is 0 Å². The number of hydrogen-bond donors (Lipinski definition) is 2. The van der Waals surface area contributed by atoms with Crippen LogP contribution in [0.5, 0.6) is 5.75 Å². The van der Waals surface area contributed by atoms with E-state index in [0.717, 1.165) is 34.4 Å². The van der Waals surface area contributed by atoms with Crippen molar-refractivity contribution in [3.63, 3.8) is 0 Å². The molecular weight excluding hydrogens is 522 g/mol. The highest BCUT2D eigenvalue weighted by molar-refractivity contribution is 5.68. The second-order valence-electron chi connectivity index (χ2n) is 10.2. The van der Waals surface area contributed by atoms with Crippen LogP contribution in [0.1, 0.15) is 35.4 Å². The van der Waals surface area contributed by atoms with Crippen molar-refractivity contribution in [2.75, 3.05) is 52.7 Å². The van der Waals surface area contributed by atoms with E-state index in [1.807, 2.05) is 43.3 Å². The lowest BCUT2D eigenvalue weighted by Crippen LogP contribution is -2.47. The average Bonchev–Trinajstić information content (AvgIpc) is 3.01. The number of carbonyl (C=O) groups is 1. The van der Waals surface area contributed by atoms with Crippen molar-refractivity contribution < 1.29 is 34.0 Å². The highest BCUT2D eigenvalue weighted by Crippen LogP contribution is 2.34. The van der Waals surface area contributed by atoms with Gasteiger partial charge in [-0.1, -0.05) is 66.7 Å². The van der Waals surface area contributed by atoms with Crippen LogP contribution in [0.3, 0.4) is 0 Å². The number of hydrogen-bond acceptors (Lipinski definition) is 7. The topological polar surface area (TPSA) is 97.7 Å². The molecule has 3 aromatic rings. The number of aryl methyl sites for hydroxylation is 1. The summed E-state index contributed by atoms with van der Waals surface area (Å²) >= 11 is 0. The van der Waals surface area contributed by atoms with Crippen molar-refractivity contribution in [2.24, 2.45) is 0 Å². The molecule has 0 bridgehead atoms. The SMILES string of the molecule is Cc1ccc(COC2CN(C(=O)OCCOCCO)CC[C@@H]2c2cccc(-c3ccccc3)c2)c(OCCCO)c1. The molecule has 0 radical (unpaired) electrons. The fourth-order valence-corrected chi connectivity index (χ4v) is 5.02. The van der Waals surface area contributed by atoms with Crippen LogP contribution in [-0.2, 0) is 20.8 Å². The number of benzene rings is 3. The van der Waals surface area contributed by atoms with Gasteiger partial charge in [0.05, 0.1) is 45.7 Å². The Morgan fingerprint density at radius 1 is 0.902 bits per heavy atom. The van der Waals surface area contributed by atoms with Crippen molar-refractivity contribution in [3.8, 4) is 16.9 Å². The summed E-state index contributed by atoms with van der Waals surface area (Å²) in [6.07, 6.45) is 0.622. The summed E-state index contributed by atoms with van der Waals surface area (Å²) in [5.41, 5.74) is 5.47. The summed E-state index contributed by atoms with van der Waals surface area (Å²) in [6.45, 7) is 4.29. The highest BCUT2D eigenvalue weighted by Gasteiger charge is 2.34. The quantitative estimate of drug-likeness (QED) is 0.268. The standard InChI is InChI=1S/C33H41NO7/c1-25-11-12-29(31(21-25)39-17-6-15-35)24-41-32-23-34(33(37)40-20-19-38-18-16-36)14-13-30(32)28-10-5-9-27(22-28)26-7-3-2-4-8-26/h2-5,7-12,21-22,30,32,35-36H,6,13-20,23-24H2,1H3/t30-,32?/m1/s1. The molecule has 41 heavy (non-hydrogen) atoms. The molecule has 1 unspecified atom stereocenters. The Balaban J connectivity index is 1.51. The maximum absolute atomic E-state index is 12.9. The second-order valence-corrected chi connectivity index (χ2v) is 10.2. The van der Waals surface area contributed by atoms with Gasteiger partial charge in [0.1, 0.15) is 12.4 Å². The highest BCUT2D eigenvalue weighted by atomic mass is 16.6. The third kappa shape index (κ3) is 9.03. The first-order valence-electron chi connectivity index (χ1n) is 14.3.